The first-order valence-corrected chi connectivity index (χ1v) is 8.05. The van der Waals surface area contributed by atoms with E-state index in [1.165, 1.54) is 10.9 Å². The molecule has 2 aromatic rings. The van der Waals surface area contributed by atoms with Crippen LogP contribution in [0.25, 0.3) is 0 Å². The minimum Gasteiger partial charge on any atom is -0.342 e. The Kier molecular flexibility index (Phi) is 4.78. The molecule has 0 aliphatic carbocycles. The van der Waals surface area contributed by atoms with E-state index in [-0.39, 0.29) is 18.2 Å². The zero-order chi connectivity index (χ0) is 18.0. The lowest BCUT2D eigenvalue weighted by molar-refractivity contribution is -0.141. The van der Waals surface area contributed by atoms with Crippen molar-refractivity contribution in [2.75, 3.05) is 13.1 Å². The van der Waals surface area contributed by atoms with E-state index in [0.717, 1.165) is 19.0 Å². The molecule has 3 rings (SSSR count). The zero-order valence-electron chi connectivity index (χ0n) is 13.8. The van der Waals surface area contributed by atoms with Crippen LogP contribution in [0, 0.1) is 0 Å². The Balaban J connectivity index is 1.64. The largest absolute Gasteiger partial charge is 0.434 e. The highest BCUT2D eigenvalue weighted by Crippen LogP contribution is 2.32. The van der Waals surface area contributed by atoms with Gasteiger partial charge in [-0.25, -0.2) is 9.97 Å². The van der Waals surface area contributed by atoms with Crippen LogP contribution in [0.4, 0.5) is 13.2 Å². The van der Waals surface area contributed by atoms with Crippen LogP contribution >= 0.6 is 0 Å². The summed E-state index contributed by atoms with van der Waals surface area (Å²) in [7, 11) is 1.56. The first-order valence-electron chi connectivity index (χ1n) is 8.05. The fourth-order valence-electron chi connectivity index (χ4n) is 3.13. The predicted octanol–water partition coefficient (Wildman–Crippen LogP) is 1.83. The minimum atomic E-state index is -4.46. The molecule has 0 spiro atoms. The molecule has 1 fully saturated rings. The summed E-state index contributed by atoms with van der Waals surface area (Å²) in [6, 6.07) is 0. The Morgan fingerprint density at radius 1 is 1.40 bits per heavy atom. The minimum absolute atomic E-state index is 0.0366. The molecule has 0 unspecified atom stereocenters. The molecular weight excluding hydrogens is 337 g/mol. The van der Waals surface area contributed by atoms with E-state index in [0.29, 0.717) is 25.5 Å². The third-order valence-corrected chi connectivity index (χ3v) is 4.36. The van der Waals surface area contributed by atoms with Crippen molar-refractivity contribution in [1.29, 1.82) is 0 Å². The van der Waals surface area contributed by atoms with Crippen molar-refractivity contribution in [3.8, 4) is 0 Å². The fraction of sp³-hybridized carbons (Fsp3) is 0.600. The topological polar surface area (TPSA) is 68.8 Å². The number of nitrogens with zero attached hydrogens (tertiary/aromatic N) is 6. The Bertz CT molecular complexity index is 724. The van der Waals surface area contributed by atoms with Crippen molar-refractivity contribution in [3.05, 3.63) is 30.4 Å². The van der Waals surface area contributed by atoms with Crippen LogP contribution in [0.2, 0.25) is 0 Å². The van der Waals surface area contributed by atoms with Gasteiger partial charge in [-0.05, 0) is 12.8 Å². The molecular formula is C15H19F3N6O. The molecule has 25 heavy (non-hydrogen) atoms. The average molecular weight is 356 g/mol. The zero-order valence-corrected chi connectivity index (χ0v) is 13.8. The molecule has 2 aromatic heterocycles. The molecule has 1 amide bonds. The maximum absolute atomic E-state index is 12.8. The normalized spacial score (nSPS) is 18.6. The van der Waals surface area contributed by atoms with Gasteiger partial charge < -0.3 is 9.47 Å². The van der Waals surface area contributed by atoms with E-state index in [2.05, 4.69) is 15.1 Å². The number of aromatic nitrogens is 5. The lowest BCUT2D eigenvalue weighted by Gasteiger charge is -2.32. The SMILES string of the molecule is Cn1cc(C(F)(F)F)nc1[C@@H]1CCCN(C(=O)CCn2cncn2)C1. The van der Waals surface area contributed by atoms with E-state index in [4.69, 9.17) is 0 Å². The summed E-state index contributed by atoms with van der Waals surface area (Å²) < 4.78 is 41.5. The summed E-state index contributed by atoms with van der Waals surface area (Å²) >= 11 is 0. The van der Waals surface area contributed by atoms with Gasteiger partial charge >= 0.3 is 6.18 Å². The summed E-state index contributed by atoms with van der Waals surface area (Å²) in [4.78, 5) is 21.7. The van der Waals surface area contributed by atoms with Crippen LogP contribution in [-0.4, -0.2) is 48.2 Å². The third-order valence-electron chi connectivity index (χ3n) is 4.36. The molecule has 0 saturated carbocycles. The number of halogens is 3. The predicted molar refractivity (Wildman–Crippen MR) is 81.4 cm³/mol. The van der Waals surface area contributed by atoms with Gasteiger partial charge in [-0.2, -0.15) is 18.3 Å². The van der Waals surface area contributed by atoms with Gasteiger partial charge in [0.2, 0.25) is 5.91 Å². The standard InChI is InChI=1S/C15H19F3N6O/c1-22-8-12(15(16,17)18)21-14(22)11-3-2-5-23(7-11)13(25)4-6-24-10-19-9-20-24/h8-11H,2-7H2,1H3/t11-/m1/s1. The average Bonchev–Trinajstić information content (AvgIpc) is 3.21. The summed E-state index contributed by atoms with van der Waals surface area (Å²) in [5.74, 6) is 0.150. The van der Waals surface area contributed by atoms with E-state index in [1.54, 1.807) is 23.0 Å². The molecule has 1 atom stereocenters. The van der Waals surface area contributed by atoms with Gasteiger partial charge in [0.05, 0.1) is 6.54 Å². The number of alkyl halides is 3. The number of rotatable bonds is 4. The maximum atomic E-state index is 12.8. The monoisotopic (exact) mass is 356 g/mol. The van der Waals surface area contributed by atoms with Gasteiger partial charge in [0.1, 0.15) is 18.5 Å². The lowest BCUT2D eigenvalue weighted by Crippen LogP contribution is -2.40. The summed E-state index contributed by atoms with van der Waals surface area (Å²) in [6.07, 6.45) is 1.23. The molecule has 3 heterocycles. The molecule has 1 aliphatic rings. The highest BCUT2D eigenvalue weighted by Gasteiger charge is 2.36. The number of imidazole rings is 1. The Hall–Kier alpha value is -2.39. The van der Waals surface area contributed by atoms with Crippen molar-refractivity contribution in [3.63, 3.8) is 0 Å². The Morgan fingerprint density at radius 3 is 2.84 bits per heavy atom. The Morgan fingerprint density at radius 2 is 2.20 bits per heavy atom. The van der Waals surface area contributed by atoms with Crippen LogP contribution < -0.4 is 0 Å². The van der Waals surface area contributed by atoms with Crippen LogP contribution in [0.5, 0.6) is 0 Å². The van der Waals surface area contributed by atoms with Gasteiger partial charge in [-0.1, -0.05) is 0 Å². The molecule has 0 N–H and O–H groups in total. The quantitative estimate of drug-likeness (QED) is 0.838. The number of carbonyl (C=O) groups excluding carboxylic acids is 1. The second-order valence-corrected chi connectivity index (χ2v) is 6.18. The molecule has 7 nitrogen and oxygen atoms in total. The van der Waals surface area contributed by atoms with Gasteiger partial charge in [0.15, 0.2) is 5.69 Å². The van der Waals surface area contributed by atoms with Gasteiger partial charge in [0, 0.05) is 38.7 Å². The summed E-state index contributed by atoms with van der Waals surface area (Å²) in [5.41, 5.74) is -0.889. The highest BCUT2D eigenvalue weighted by atomic mass is 19.4. The third kappa shape index (κ3) is 3.99. The number of aryl methyl sites for hydroxylation is 2. The fourth-order valence-corrected chi connectivity index (χ4v) is 3.13. The smallest absolute Gasteiger partial charge is 0.342 e. The van der Waals surface area contributed by atoms with Crippen LogP contribution in [0.15, 0.2) is 18.9 Å². The second kappa shape index (κ2) is 6.85. The number of piperidine rings is 1. The van der Waals surface area contributed by atoms with E-state index in [1.807, 2.05) is 0 Å². The molecule has 1 saturated heterocycles. The number of likely N-dealkylation sites (tertiary alicyclic amines) is 1. The number of hydrogen-bond acceptors (Lipinski definition) is 4. The summed E-state index contributed by atoms with van der Waals surface area (Å²) in [5, 5.41) is 3.95. The van der Waals surface area contributed by atoms with Gasteiger partial charge in [0.25, 0.3) is 0 Å². The lowest BCUT2D eigenvalue weighted by atomic mass is 9.97. The van der Waals surface area contributed by atoms with Crippen LogP contribution in [0.3, 0.4) is 0 Å². The number of amides is 1. The first-order chi connectivity index (χ1) is 11.8. The van der Waals surface area contributed by atoms with E-state index in [9.17, 15) is 18.0 Å². The molecule has 1 aliphatic heterocycles. The van der Waals surface area contributed by atoms with Crippen LogP contribution in [0.1, 0.15) is 36.7 Å². The van der Waals surface area contributed by atoms with Crippen molar-refractivity contribution >= 4 is 5.91 Å². The van der Waals surface area contributed by atoms with Crippen molar-refractivity contribution < 1.29 is 18.0 Å². The number of hydrogen-bond donors (Lipinski definition) is 0. The van der Waals surface area contributed by atoms with Gasteiger partial charge in [-0.15, -0.1) is 0 Å². The molecule has 136 valence electrons. The van der Waals surface area contributed by atoms with Crippen LogP contribution in [-0.2, 0) is 24.6 Å². The molecule has 0 bridgehead atoms. The van der Waals surface area contributed by atoms with Gasteiger partial charge in [-0.3, -0.25) is 9.48 Å². The first kappa shape index (κ1) is 17.4. The summed E-state index contributed by atoms with van der Waals surface area (Å²) in [6.45, 7) is 1.43. The number of carbonyl (C=O) groups is 1. The van der Waals surface area contributed by atoms with E-state index >= 15 is 0 Å². The highest BCUT2D eigenvalue weighted by molar-refractivity contribution is 5.76. The van der Waals surface area contributed by atoms with Crippen molar-refractivity contribution in [1.82, 2.24) is 29.2 Å². The van der Waals surface area contributed by atoms with Crippen molar-refractivity contribution in [2.24, 2.45) is 7.05 Å². The molecule has 0 aromatic carbocycles. The Labute approximate surface area is 142 Å². The molecule has 0 radical (unpaired) electrons. The maximum Gasteiger partial charge on any atom is 0.434 e. The second-order valence-electron chi connectivity index (χ2n) is 6.18. The van der Waals surface area contributed by atoms with Crippen molar-refractivity contribution in [2.45, 2.75) is 37.9 Å². The molecule has 10 heteroatoms. The van der Waals surface area contributed by atoms with E-state index < -0.39 is 11.9 Å².